The first-order valence-corrected chi connectivity index (χ1v) is 6.40. The summed E-state index contributed by atoms with van der Waals surface area (Å²) < 4.78 is 4.93. The summed E-state index contributed by atoms with van der Waals surface area (Å²) >= 11 is 0. The molecule has 1 aliphatic carbocycles. The lowest BCUT2D eigenvalue weighted by molar-refractivity contribution is 0.386. The quantitative estimate of drug-likeness (QED) is 0.814. The molecule has 0 fully saturated rings. The van der Waals surface area contributed by atoms with E-state index in [4.69, 9.17) is 4.52 Å². The summed E-state index contributed by atoms with van der Waals surface area (Å²) in [6.07, 6.45) is 2.02. The van der Waals surface area contributed by atoms with Gasteiger partial charge in [0.15, 0.2) is 5.82 Å². The molecule has 0 aliphatic heterocycles. The van der Waals surface area contributed by atoms with Crippen molar-refractivity contribution in [1.82, 2.24) is 15.5 Å². The number of nitrogens with zero attached hydrogens (tertiary/aromatic N) is 2. The average molecular weight is 243 g/mol. The summed E-state index contributed by atoms with van der Waals surface area (Å²) in [5.41, 5.74) is 3.00. The molecule has 0 radical (unpaired) electrons. The minimum absolute atomic E-state index is 0.637. The largest absolute Gasteiger partial charge is 0.340 e. The summed E-state index contributed by atoms with van der Waals surface area (Å²) in [7, 11) is 0. The van der Waals surface area contributed by atoms with Crippen molar-refractivity contribution in [2.24, 2.45) is 0 Å². The van der Waals surface area contributed by atoms with Crippen molar-refractivity contribution in [3.05, 3.63) is 47.1 Å². The van der Waals surface area contributed by atoms with Crippen LogP contribution in [0.15, 0.2) is 28.8 Å². The summed E-state index contributed by atoms with van der Waals surface area (Å²) in [5, 5.41) is 7.34. The molecule has 4 heteroatoms. The normalized spacial score (nSPS) is 17.3. The summed E-state index contributed by atoms with van der Waals surface area (Å²) in [4.78, 5) is 4.18. The summed E-state index contributed by atoms with van der Waals surface area (Å²) in [5.74, 6) is 2.10. The number of hydrogen-bond donors (Lipinski definition) is 1. The van der Waals surface area contributed by atoms with Crippen LogP contribution in [-0.2, 0) is 12.8 Å². The maximum atomic E-state index is 4.93. The van der Waals surface area contributed by atoms with Gasteiger partial charge in [-0.05, 0) is 17.5 Å². The number of rotatable bonds is 5. The van der Waals surface area contributed by atoms with E-state index in [1.807, 2.05) is 6.92 Å². The van der Waals surface area contributed by atoms with Crippen LogP contribution < -0.4 is 5.32 Å². The molecule has 1 heterocycles. The van der Waals surface area contributed by atoms with E-state index in [1.165, 1.54) is 17.5 Å². The molecule has 2 aromatic rings. The number of fused-ring (bicyclic) bond motifs is 1. The Kier molecular flexibility index (Phi) is 3.11. The Morgan fingerprint density at radius 1 is 1.39 bits per heavy atom. The Morgan fingerprint density at radius 2 is 2.28 bits per heavy atom. The van der Waals surface area contributed by atoms with Crippen LogP contribution in [0.5, 0.6) is 0 Å². The van der Waals surface area contributed by atoms with E-state index in [9.17, 15) is 0 Å². The third kappa shape index (κ3) is 2.29. The van der Waals surface area contributed by atoms with Gasteiger partial charge in [-0.1, -0.05) is 29.4 Å². The van der Waals surface area contributed by atoms with Gasteiger partial charge >= 0.3 is 0 Å². The van der Waals surface area contributed by atoms with E-state index in [2.05, 4.69) is 39.7 Å². The first-order chi connectivity index (χ1) is 8.83. The van der Waals surface area contributed by atoms with Gasteiger partial charge in [0.05, 0.1) is 0 Å². The minimum atomic E-state index is 0.637. The van der Waals surface area contributed by atoms with Crippen molar-refractivity contribution in [1.29, 1.82) is 0 Å². The Balaban J connectivity index is 1.42. The average Bonchev–Trinajstić information content (AvgIpc) is 2.75. The molecule has 4 nitrogen and oxygen atoms in total. The lowest BCUT2D eigenvalue weighted by atomic mass is 9.77. The first-order valence-electron chi connectivity index (χ1n) is 6.40. The number of aromatic nitrogens is 2. The van der Waals surface area contributed by atoms with Crippen molar-refractivity contribution >= 4 is 0 Å². The highest BCUT2D eigenvalue weighted by Gasteiger charge is 2.24. The van der Waals surface area contributed by atoms with Crippen LogP contribution in [0.3, 0.4) is 0 Å². The van der Waals surface area contributed by atoms with Crippen LogP contribution in [-0.4, -0.2) is 23.2 Å². The third-order valence-corrected chi connectivity index (χ3v) is 3.45. The van der Waals surface area contributed by atoms with Gasteiger partial charge in [0.1, 0.15) is 0 Å². The van der Waals surface area contributed by atoms with Crippen molar-refractivity contribution in [3.8, 4) is 0 Å². The second-order valence-electron chi connectivity index (χ2n) is 4.78. The number of nitrogens with one attached hydrogen (secondary N) is 1. The fourth-order valence-corrected chi connectivity index (χ4v) is 2.46. The predicted molar refractivity (Wildman–Crippen MR) is 68.5 cm³/mol. The van der Waals surface area contributed by atoms with Gasteiger partial charge in [0, 0.05) is 32.4 Å². The highest BCUT2D eigenvalue weighted by atomic mass is 16.5. The van der Waals surface area contributed by atoms with Crippen LogP contribution in [0.25, 0.3) is 0 Å². The van der Waals surface area contributed by atoms with Gasteiger partial charge < -0.3 is 9.84 Å². The molecule has 0 saturated carbocycles. The Labute approximate surface area is 106 Å². The molecule has 0 bridgehead atoms. The molecule has 0 amide bonds. The van der Waals surface area contributed by atoms with Gasteiger partial charge in [-0.25, -0.2) is 0 Å². The molecule has 18 heavy (non-hydrogen) atoms. The van der Waals surface area contributed by atoms with E-state index in [1.54, 1.807) is 0 Å². The lowest BCUT2D eigenvalue weighted by Gasteiger charge is -2.30. The highest BCUT2D eigenvalue weighted by molar-refractivity contribution is 5.40. The standard InChI is InChI=1S/C14H17N3O/c1-10-16-14(17-18-10)6-7-15-9-12-8-11-4-2-3-5-13(11)12/h2-5,12,15H,6-9H2,1H3. The van der Waals surface area contributed by atoms with Crippen LogP contribution in [0, 0.1) is 6.92 Å². The molecule has 1 aromatic carbocycles. The van der Waals surface area contributed by atoms with E-state index < -0.39 is 0 Å². The van der Waals surface area contributed by atoms with Gasteiger partial charge in [-0.15, -0.1) is 0 Å². The molecule has 1 N–H and O–H groups in total. The van der Waals surface area contributed by atoms with Gasteiger partial charge in [-0.3, -0.25) is 0 Å². The van der Waals surface area contributed by atoms with Gasteiger partial charge in [0.25, 0.3) is 0 Å². The highest BCUT2D eigenvalue weighted by Crippen LogP contribution is 2.33. The maximum Gasteiger partial charge on any atom is 0.223 e. The van der Waals surface area contributed by atoms with Crippen molar-refractivity contribution < 1.29 is 4.52 Å². The molecule has 1 unspecified atom stereocenters. The zero-order chi connectivity index (χ0) is 12.4. The van der Waals surface area contributed by atoms with Crippen molar-refractivity contribution in [2.75, 3.05) is 13.1 Å². The van der Waals surface area contributed by atoms with E-state index in [0.29, 0.717) is 11.8 Å². The zero-order valence-corrected chi connectivity index (χ0v) is 10.5. The molecule has 1 aromatic heterocycles. The molecule has 94 valence electrons. The number of benzene rings is 1. The Hall–Kier alpha value is -1.68. The molecule has 0 saturated heterocycles. The molecular weight excluding hydrogens is 226 g/mol. The van der Waals surface area contributed by atoms with E-state index >= 15 is 0 Å². The van der Waals surface area contributed by atoms with Crippen molar-refractivity contribution in [3.63, 3.8) is 0 Å². The third-order valence-electron chi connectivity index (χ3n) is 3.45. The lowest BCUT2D eigenvalue weighted by Crippen LogP contribution is -2.30. The summed E-state index contributed by atoms with van der Waals surface area (Å²) in [6.45, 7) is 3.75. The molecule has 0 spiro atoms. The fourth-order valence-electron chi connectivity index (χ4n) is 2.46. The smallest absolute Gasteiger partial charge is 0.223 e. The van der Waals surface area contributed by atoms with Crippen LogP contribution in [0.4, 0.5) is 0 Å². The summed E-state index contributed by atoms with van der Waals surface area (Å²) in [6, 6.07) is 8.68. The van der Waals surface area contributed by atoms with E-state index in [-0.39, 0.29) is 0 Å². The first kappa shape index (κ1) is 11.4. The molecule has 1 atom stereocenters. The fraction of sp³-hybridized carbons (Fsp3) is 0.429. The van der Waals surface area contributed by atoms with Crippen LogP contribution >= 0.6 is 0 Å². The Bertz CT molecular complexity index is 535. The minimum Gasteiger partial charge on any atom is -0.340 e. The molecule has 1 aliphatic rings. The SMILES string of the molecule is Cc1nc(CCNCC2Cc3ccccc32)no1. The van der Waals surface area contributed by atoms with Gasteiger partial charge in [-0.2, -0.15) is 4.98 Å². The number of hydrogen-bond acceptors (Lipinski definition) is 4. The van der Waals surface area contributed by atoms with Crippen molar-refractivity contribution in [2.45, 2.75) is 25.7 Å². The molecular formula is C14H17N3O. The van der Waals surface area contributed by atoms with Crippen LogP contribution in [0.1, 0.15) is 28.8 Å². The second-order valence-corrected chi connectivity index (χ2v) is 4.78. The molecule has 3 rings (SSSR count). The van der Waals surface area contributed by atoms with Gasteiger partial charge in [0.2, 0.25) is 5.89 Å². The second kappa shape index (κ2) is 4.90. The topological polar surface area (TPSA) is 51.0 Å². The van der Waals surface area contributed by atoms with E-state index in [0.717, 1.165) is 25.3 Å². The monoisotopic (exact) mass is 243 g/mol. The zero-order valence-electron chi connectivity index (χ0n) is 10.5. The van der Waals surface area contributed by atoms with Crippen LogP contribution in [0.2, 0.25) is 0 Å². The maximum absolute atomic E-state index is 4.93. The predicted octanol–water partition coefficient (Wildman–Crippen LogP) is 1.85. The Morgan fingerprint density at radius 3 is 3.06 bits per heavy atom. The number of aryl methyl sites for hydroxylation is 1.